The minimum Gasteiger partial charge on any atom is -0.379 e. The predicted octanol–water partition coefficient (Wildman–Crippen LogP) is 3.20. The van der Waals surface area contributed by atoms with E-state index in [1.165, 1.54) is 12.1 Å². The van der Waals surface area contributed by atoms with Gasteiger partial charge in [-0.05, 0) is 56.5 Å². The molecule has 0 aliphatic carbocycles. The maximum Gasteiger partial charge on any atom is 0.256 e. The number of nitrogens with zero attached hydrogens (tertiary/aromatic N) is 2. The zero-order valence-corrected chi connectivity index (χ0v) is 19.0. The number of fused-ring (bicyclic) bond motifs is 1. The first-order valence-corrected chi connectivity index (χ1v) is 11.6. The maximum atomic E-state index is 13.8. The van der Waals surface area contributed by atoms with Crippen molar-refractivity contribution in [3.05, 3.63) is 52.1 Å². The number of aryl methyl sites for hydroxylation is 1. The molecular formula is C25H29FN4O3. The second kappa shape index (κ2) is 8.76. The first-order valence-electron chi connectivity index (χ1n) is 11.6. The molecule has 0 spiro atoms. The van der Waals surface area contributed by atoms with Crippen LogP contribution in [0, 0.1) is 19.7 Å². The number of likely N-dealkylation sites (tertiary alicyclic amines) is 1. The average molecular weight is 453 g/mol. The van der Waals surface area contributed by atoms with E-state index in [-0.39, 0.29) is 17.9 Å². The van der Waals surface area contributed by atoms with Gasteiger partial charge in [0, 0.05) is 54.9 Å². The molecule has 33 heavy (non-hydrogen) atoms. The van der Waals surface area contributed by atoms with Crippen LogP contribution in [0.15, 0.2) is 18.2 Å². The minimum absolute atomic E-state index is 0.0315. The molecule has 0 unspecified atom stereocenters. The number of benzene rings is 1. The summed E-state index contributed by atoms with van der Waals surface area (Å²) in [6.07, 6.45) is 3.72. The Bertz CT molecular complexity index is 1130. The van der Waals surface area contributed by atoms with Gasteiger partial charge in [0.25, 0.3) is 11.8 Å². The summed E-state index contributed by atoms with van der Waals surface area (Å²) in [6, 6.07) is 4.44. The third kappa shape index (κ3) is 4.09. The average Bonchev–Trinajstić information content (AvgIpc) is 3.45. The molecule has 3 aliphatic heterocycles. The Morgan fingerprint density at radius 2 is 2.03 bits per heavy atom. The van der Waals surface area contributed by atoms with E-state index in [0.717, 1.165) is 63.5 Å². The van der Waals surface area contributed by atoms with E-state index in [1.807, 2.05) is 18.7 Å². The van der Waals surface area contributed by atoms with Gasteiger partial charge in [-0.2, -0.15) is 0 Å². The normalized spacial score (nSPS) is 22.2. The highest BCUT2D eigenvalue weighted by atomic mass is 19.1. The zero-order chi connectivity index (χ0) is 23.1. The highest BCUT2D eigenvalue weighted by Gasteiger charge is 2.33. The molecule has 2 saturated heterocycles. The summed E-state index contributed by atoms with van der Waals surface area (Å²) < 4.78 is 19.2. The van der Waals surface area contributed by atoms with E-state index < -0.39 is 5.82 Å². The number of aromatic nitrogens is 1. The number of halogens is 1. The molecule has 2 fully saturated rings. The summed E-state index contributed by atoms with van der Waals surface area (Å²) in [5.74, 6) is -0.643. The summed E-state index contributed by atoms with van der Waals surface area (Å²) in [5, 5.41) is 2.77. The number of carbonyl (C=O) groups is 2. The van der Waals surface area contributed by atoms with Gasteiger partial charge >= 0.3 is 0 Å². The highest BCUT2D eigenvalue weighted by molar-refractivity contribution is 6.34. The molecule has 2 amide bonds. The fraction of sp³-hybridized carbons (Fsp3) is 0.440. The van der Waals surface area contributed by atoms with Crippen molar-refractivity contribution in [3.63, 3.8) is 0 Å². The van der Waals surface area contributed by atoms with Crippen molar-refractivity contribution in [2.24, 2.45) is 0 Å². The van der Waals surface area contributed by atoms with Gasteiger partial charge in [0.1, 0.15) is 5.82 Å². The summed E-state index contributed by atoms with van der Waals surface area (Å²) in [5.41, 5.74) is 4.45. The molecular weight excluding hydrogens is 423 g/mol. The quantitative estimate of drug-likeness (QED) is 0.699. The number of rotatable bonds is 4. The van der Waals surface area contributed by atoms with Crippen molar-refractivity contribution >= 4 is 29.2 Å². The van der Waals surface area contributed by atoms with Crippen molar-refractivity contribution in [2.45, 2.75) is 32.7 Å². The number of hydrogen-bond donors (Lipinski definition) is 2. The molecule has 1 aromatic carbocycles. The number of amides is 2. The lowest BCUT2D eigenvalue weighted by molar-refractivity contribution is -0.110. The van der Waals surface area contributed by atoms with Gasteiger partial charge in [0.15, 0.2) is 0 Å². The van der Waals surface area contributed by atoms with Gasteiger partial charge < -0.3 is 19.9 Å². The van der Waals surface area contributed by atoms with Crippen molar-refractivity contribution in [1.82, 2.24) is 14.8 Å². The fourth-order valence-corrected chi connectivity index (χ4v) is 5.21. The van der Waals surface area contributed by atoms with E-state index in [9.17, 15) is 14.0 Å². The lowest BCUT2D eigenvalue weighted by atomic mass is 10.0. The van der Waals surface area contributed by atoms with E-state index in [0.29, 0.717) is 28.1 Å². The topological polar surface area (TPSA) is 77.7 Å². The summed E-state index contributed by atoms with van der Waals surface area (Å²) >= 11 is 0. The smallest absolute Gasteiger partial charge is 0.256 e. The number of carbonyl (C=O) groups excluding carboxylic acids is 2. The number of aromatic amines is 1. The number of morpholine rings is 1. The SMILES string of the molecule is Cc1[nH]c(C=C2C(=O)Nc3ccc(F)cc32)c(C)c1C(=O)N1CCC[C@H]1CN1CCOCC1. The predicted molar refractivity (Wildman–Crippen MR) is 124 cm³/mol. The van der Waals surface area contributed by atoms with Gasteiger partial charge in [-0.3, -0.25) is 14.5 Å². The van der Waals surface area contributed by atoms with Crippen LogP contribution in [-0.4, -0.2) is 72.0 Å². The van der Waals surface area contributed by atoms with Crippen LogP contribution in [0.5, 0.6) is 0 Å². The molecule has 5 rings (SSSR count). The third-order valence-corrected chi connectivity index (χ3v) is 6.95. The second-order valence-electron chi connectivity index (χ2n) is 9.07. The summed E-state index contributed by atoms with van der Waals surface area (Å²) in [7, 11) is 0. The number of hydrogen-bond acceptors (Lipinski definition) is 4. The Balaban J connectivity index is 1.41. The monoisotopic (exact) mass is 452 g/mol. The molecule has 7 nitrogen and oxygen atoms in total. The largest absolute Gasteiger partial charge is 0.379 e. The molecule has 2 N–H and O–H groups in total. The molecule has 3 aliphatic rings. The molecule has 8 heteroatoms. The molecule has 2 aromatic rings. The molecule has 1 aromatic heterocycles. The van der Waals surface area contributed by atoms with Gasteiger partial charge in [-0.1, -0.05) is 0 Å². The fourth-order valence-electron chi connectivity index (χ4n) is 5.21. The first kappa shape index (κ1) is 21.9. The molecule has 0 saturated carbocycles. The summed E-state index contributed by atoms with van der Waals surface area (Å²) in [4.78, 5) is 33.8. The van der Waals surface area contributed by atoms with E-state index in [2.05, 4.69) is 15.2 Å². The molecule has 1 atom stereocenters. The maximum absolute atomic E-state index is 13.8. The molecule has 0 bridgehead atoms. The van der Waals surface area contributed by atoms with Gasteiger partial charge in [-0.15, -0.1) is 0 Å². The molecule has 4 heterocycles. The van der Waals surface area contributed by atoms with Crippen LogP contribution in [0.4, 0.5) is 10.1 Å². The number of anilines is 1. The van der Waals surface area contributed by atoms with Crippen LogP contribution < -0.4 is 5.32 Å². The van der Waals surface area contributed by atoms with Crippen LogP contribution in [0.2, 0.25) is 0 Å². The van der Waals surface area contributed by atoms with Gasteiger partial charge in [0.2, 0.25) is 0 Å². The highest BCUT2D eigenvalue weighted by Crippen LogP contribution is 2.35. The number of ether oxygens (including phenoxy) is 1. The van der Waals surface area contributed by atoms with E-state index in [4.69, 9.17) is 4.74 Å². The van der Waals surface area contributed by atoms with Gasteiger partial charge in [0.05, 0.1) is 24.4 Å². The van der Waals surface area contributed by atoms with Crippen LogP contribution in [0.3, 0.4) is 0 Å². The van der Waals surface area contributed by atoms with Crippen LogP contribution in [0.1, 0.15) is 45.7 Å². The minimum atomic E-state index is -0.397. The van der Waals surface area contributed by atoms with E-state index >= 15 is 0 Å². The Morgan fingerprint density at radius 3 is 2.82 bits per heavy atom. The van der Waals surface area contributed by atoms with Gasteiger partial charge in [-0.25, -0.2) is 4.39 Å². The van der Waals surface area contributed by atoms with Crippen molar-refractivity contribution in [2.75, 3.05) is 44.7 Å². The third-order valence-electron chi connectivity index (χ3n) is 6.95. The van der Waals surface area contributed by atoms with Crippen LogP contribution >= 0.6 is 0 Å². The summed E-state index contributed by atoms with van der Waals surface area (Å²) in [6.45, 7) is 8.71. The first-order chi connectivity index (χ1) is 15.9. The Labute approximate surface area is 192 Å². The lowest BCUT2D eigenvalue weighted by Gasteiger charge is -2.33. The van der Waals surface area contributed by atoms with Crippen molar-refractivity contribution < 1.29 is 18.7 Å². The van der Waals surface area contributed by atoms with Crippen molar-refractivity contribution in [3.8, 4) is 0 Å². The Kier molecular flexibility index (Phi) is 5.80. The van der Waals surface area contributed by atoms with Crippen LogP contribution in [-0.2, 0) is 9.53 Å². The Hall–Kier alpha value is -2.97. The second-order valence-corrected chi connectivity index (χ2v) is 9.07. The molecule has 0 radical (unpaired) electrons. The van der Waals surface area contributed by atoms with E-state index in [1.54, 1.807) is 12.1 Å². The number of nitrogens with one attached hydrogen (secondary N) is 2. The molecule has 174 valence electrons. The number of H-pyrrole nitrogens is 1. The van der Waals surface area contributed by atoms with Crippen LogP contribution in [0.25, 0.3) is 11.6 Å². The van der Waals surface area contributed by atoms with Crippen molar-refractivity contribution in [1.29, 1.82) is 0 Å². The zero-order valence-electron chi connectivity index (χ0n) is 19.0. The Morgan fingerprint density at radius 1 is 1.24 bits per heavy atom. The standard InChI is InChI=1S/C25H29FN4O3/c1-15-22(13-20-19-12-17(26)5-6-21(19)28-24(20)31)27-16(2)23(15)25(32)30-7-3-4-18(30)14-29-8-10-33-11-9-29/h5-6,12-13,18,27H,3-4,7-11,14H2,1-2H3,(H,28,31)/t18-/m0/s1. The lowest BCUT2D eigenvalue weighted by Crippen LogP contribution is -2.46.